The van der Waals surface area contributed by atoms with Crippen LogP contribution < -0.4 is 0 Å². The lowest BCUT2D eigenvalue weighted by Gasteiger charge is -2.53. The molecule has 0 aromatic rings. The fraction of sp³-hybridized carbons (Fsp3) is 0.750. The van der Waals surface area contributed by atoms with Crippen molar-refractivity contribution < 1.29 is 4.79 Å². The van der Waals surface area contributed by atoms with E-state index in [2.05, 4.69) is 23.4 Å². The SMILES string of the molecule is C=C(C(C)=O)N1CCC2(CC1)CN(C)C2. The second kappa shape index (κ2) is 3.63. The summed E-state index contributed by atoms with van der Waals surface area (Å²) in [5.74, 6) is 0.108. The molecule has 2 fully saturated rings. The summed E-state index contributed by atoms with van der Waals surface area (Å²) in [6.07, 6.45) is 2.42. The molecule has 0 unspecified atom stereocenters. The molecule has 0 amide bonds. The summed E-state index contributed by atoms with van der Waals surface area (Å²) >= 11 is 0. The second-order valence-electron chi connectivity index (χ2n) is 5.16. The van der Waals surface area contributed by atoms with Gasteiger partial charge in [0.2, 0.25) is 0 Å². The van der Waals surface area contributed by atoms with Crippen LogP contribution in [0, 0.1) is 5.41 Å². The number of hydrogen-bond acceptors (Lipinski definition) is 3. The van der Waals surface area contributed by atoms with Crippen molar-refractivity contribution in [3.05, 3.63) is 12.3 Å². The van der Waals surface area contributed by atoms with Crippen LogP contribution in [0.3, 0.4) is 0 Å². The standard InChI is InChI=1S/C12H20N2O/c1-10(11(2)15)14-6-4-12(5-7-14)8-13(3)9-12/h1,4-9H2,2-3H3. The zero-order valence-electron chi connectivity index (χ0n) is 9.75. The minimum absolute atomic E-state index is 0.108. The van der Waals surface area contributed by atoms with Crippen LogP contribution in [-0.2, 0) is 4.79 Å². The van der Waals surface area contributed by atoms with Gasteiger partial charge in [-0.2, -0.15) is 0 Å². The Labute approximate surface area is 91.7 Å². The zero-order valence-corrected chi connectivity index (χ0v) is 9.75. The van der Waals surface area contributed by atoms with Crippen LogP contribution in [0.25, 0.3) is 0 Å². The monoisotopic (exact) mass is 208 g/mol. The third-order valence-corrected chi connectivity index (χ3v) is 3.82. The molecule has 0 atom stereocenters. The van der Waals surface area contributed by atoms with Crippen LogP contribution in [0.5, 0.6) is 0 Å². The number of piperidine rings is 1. The number of carbonyl (C=O) groups is 1. The number of allylic oxidation sites excluding steroid dienone is 1. The first kappa shape index (κ1) is 10.7. The maximum atomic E-state index is 11.2. The molecule has 2 aliphatic rings. The van der Waals surface area contributed by atoms with E-state index in [1.165, 1.54) is 25.9 Å². The lowest BCUT2D eigenvalue weighted by Crippen LogP contribution is -2.58. The highest BCUT2D eigenvalue weighted by Crippen LogP contribution is 2.39. The summed E-state index contributed by atoms with van der Waals surface area (Å²) in [6, 6.07) is 0. The Hall–Kier alpha value is -0.830. The van der Waals surface area contributed by atoms with Gasteiger partial charge in [0.05, 0.1) is 5.70 Å². The van der Waals surface area contributed by atoms with Crippen molar-refractivity contribution in [2.45, 2.75) is 19.8 Å². The summed E-state index contributed by atoms with van der Waals surface area (Å²) in [4.78, 5) is 15.7. The topological polar surface area (TPSA) is 23.6 Å². The van der Waals surface area contributed by atoms with E-state index < -0.39 is 0 Å². The van der Waals surface area contributed by atoms with E-state index in [9.17, 15) is 4.79 Å². The van der Waals surface area contributed by atoms with E-state index in [4.69, 9.17) is 0 Å². The van der Waals surface area contributed by atoms with E-state index in [0.29, 0.717) is 11.1 Å². The molecule has 15 heavy (non-hydrogen) atoms. The third kappa shape index (κ3) is 1.93. The number of carbonyl (C=O) groups excluding carboxylic acids is 1. The highest BCUT2D eigenvalue weighted by atomic mass is 16.1. The van der Waals surface area contributed by atoms with Crippen molar-refractivity contribution >= 4 is 5.78 Å². The van der Waals surface area contributed by atoms with Crippen LogP contribution in [0.15, 0.2) is 12.3 Å². The predicted octanol–water partition coefficient (Wildman–Crippen LogP) is 1.12. The lowest BCUT2D eigenvalue weighted by molar-refractivity contribution is -0.115. The van der Waals surface area contributed by atoms with Gasteiger partial charge in [-0.05, 0) is 25.3 Å². The number of Topliss-reactive ketones (excluding diaryl/α,β-unsaturated/α-hetero) is 1. The van der Waals surface area contributed by atoms with E-state index in [1.807, 2.05) is 0 Å². The molecule has 0 bridgehead atoms. The maximum Gasteiger partial charge on any atom is 0.175 e. The second-order valence-corrected chi connectivity index (χ2v) is 5.16. The molecular weight excluding hydrogens is 188 g/mol. The van der Waals surface area contributed by atoms with Gasteiger partial charge in [0, 0.05) is 33.1 Å². The number of likely N-dealkylation sites (tertiary alicyclic amines) is 2. The lowest BCUT2D eigenvalue weighted by atomic mass is 9.72. The predicted molar refractivity (Wildman–Crippen MR) is 60.6 cm³/mol. The smallest absolute Gasteiger partial charge is 0.175 e. The minimum atomic E-state index is 0.108. The first-order chi connectivity index (χ1) is 7.02. The van der Waals surface area contributed by atoms with Gasteiger partial charge in [-0.3, -0.25) is 4.79 Å². The van der Waals surface area contributed by atoms with Crippen molar-refractivity contribution in [3.63, 3.8) is 0 Å². The van der Waals surface area contributed by atoms with Crippen molar-refractivity contribution in [1.82, 2.24) is 9.80 Å². The van der Waals surface area contributed by atoms with Crippen molar-refractivity contribution in [1.29, 1.82) is 0 Å². The molecule has 3 heteroatoms. The molecule has 2 aliphatic heterocycles. The Morgan fingerprint density at radius 1 is 1.27 bits per heavy atom. The Morgan fingerprint density at radius 2 is 1.80 bits per heavy atom. The summed E-state index contributed by atoms with van der Waals surface area (Å²) in [5.41, 5.74) is 1.25. The average molecular weight is 208 g/mol. The molecule has 2 heterocycles. The fourth-order valence-electron chi connectivity index (χ4n) is 2.89. The summed E-state index contributed by atoms with van der Waals surface area (Å²) in [6.45, 7) is 9.92. The number of hydrogen-bond donors (Lipinski definition) is 0. The highest BCUT2D eigenvalue weighted by Gasteiger charge is 2.43. The molecular formula is C12H20N2O. The van der Waals surface area contributed by atoms with Gasteiger partial charge >= 0.3 is 0 Å². The molecule has 0 aromatic carbocycles. The average Bonchev–Trinajstić information content (AvgIpc) is 2.16. The zero-order chi connectivity index (χ0) is 11.1. The molecule has 0 saturated carbocycles. The quantitative estimate of drug-likeness (QED) is 0.635. The first-order valence-corrected chi connectivity index (χ1v) is 5.66. The summed E-state index contributed by atoms with van der Waals surface area (Å²) < 4.78 is 0. The van der Waals surface area contributed by atoms with E-state index in [0.717, 1.165) is 13.1 Å². The molecule has 84 valence electrons. The van der Waals surface area contributed by atoms with Crippen LogP contribution in [-0.4, -0.2) is 48.8 Å². The van der Waals surface area contributed by atoms with Gasteiger partial charge in [-0.15, -0.1) is 0 Å². The van der Waals surface area contributed by atoms with E-state index in [-0.39, 0.29) is 5.78 Å². The first-order valence-electron chi connectivity index (χ1n) is 5.66. The fourth-order valence-corrected chi connectivity index (χ4v) is 2.89. The molecule has 0 aliphatic carbocycles. The maximum absolute atomic E-state index is 11.2. The number of ketones is 1. The van der Waals surface area contributed by atoms with Crippen molar-refractivity contribution in [2.24, 2.45) is 5.41 Å². The molecule has 1 spiro atoms. The van der Waals surface area contributed by atoms with Crippen LogP contribution in [0.1, 0.15) is 19.8 Å². The van der Waals surface area contributed by atoms with E-state index in [1.54, 1.807) is 6.92 Å². The molecule has 0 N–H and O–H groups in total. The number of rotatable bonds is 2. The van der Waals surface area contributed by atoms with Gasteiger partial charge in [0.1, 0.15) is 0 Å². The third-order valence-electron chi connectivity index (χ3n) is 3.82. The van der Waals surface area contributed by atoms with Crippen molar-refractivity contribution in [3.8, 4) is 0 Å². The molecule has 2 saturated heterocycles. The van der Waals surface area contributed by atoms with Crippen LogP contribution in [0.4, 0.5) is 0 Å². The van der Waals surface area contributed by atoms with Crippen molar-refractivity contribution in [2.75, 3.05) is 33.2 Å². The minimum Gasteiger partial charge on any atom is -0.369 e. The summed E-state index contributed by atoms with van der Waals surface area (Å²) in [5, 5.41) is 0. The summed E-state index contributed by atoms with van der Waals surface area (Å²) in [7, 11) is 2.17. The van der Waals surface area contributed by atoms with Gasteiger partial charge in [-0.1, -0.05) is 6.58 Å². The highest BCUT2D eigenvalue weighted by molar-refractivity contribution is 5.91. The van der Waals surface area contributed by atoms with Gasteiger partial charge < -0.3 is 9.80 Å². The van der Waals surface area contributed by atoms with E-state index >= 15 is 0 Å². The molecule has 3 nitrogen and oxygen atoms in total. The normalized spacial score (nSPS) is 25.1. The number of nitrogens with zero attached hydrogens (tertiary/aromatic N) is 2. The van der Waals surface area contributed by atoms with Gasteiger partial charge in [-0.25, -0.2) is 0 Å². The molecule has 0 aromatic heterocycles. The largest absolute Gasteiger partial charge is 0.369 e. The van der Waals surface area contributed by atoms with Gasteiger partial charge in [0.15, 0.2) is 5.78 Å². The van der Waals surface area contributed by atoms with Gasteiger partial charge in [0.25, 0.3) is 0 Å². The Bertz CT molecular complexity index is 282. The molecule has 0 radical (unpaired) electrons. The van der Waals surface area contributed by atoms with Crippen LogP contribution >= 0.6 is 0 Å². The van der Waals surface area contributed by atoms with Crippen LogP contribution in [0.2, 0.25) is 0 Å². The Morgan fingerprint density at radius 3 is 2.20 bits per heavy atom. The molecule has 2 rings (SSSR count). The Kier molecular flexibility index (Phi) is 2.59. The Balaban J connectivity index is 1.87.